The van der Waals surface area contributed by atoms with E-state index >= 15 is 0 Å². The summed E-state index contributed by atoms with van der Waals surface area (Å²) in [5, 5.41) is 5.55. The van der Waals surface area contributed by atoms with E-state index in [2.05, 4.69) is 10.6 Å². The largest absolute Gasteiger partial charge is 0.489 e. The molecule has 1 aliphatic heterocycles. The summed E-state index contributed by atoms with van der Waals surface area (Å²) in [6.45, 7) is 6.04. The van der Waals surface area contributed by atoms with Gasteiger partial charge in [0.05, 0.1) is 18.2 Å². The molecule has 1 aliphatic rings. The molecule has 2 amide bonds. The van der Waals surface area contributed by atoms with Gasteiger partial charge in [0.15, 0.2) is 0 Å². The van der Waals surface area contributed by atoms with Crippen LogP contribution in [0.5, 0.6) is 5.75 Å². The maximum Gasteiger partial charge on any atom is 0.338 e. The van der Waals surface area contributed by atoms with Crippen LogP contribution in [0.4, 0.5) is 9.18 Å². The highest BCUT2D eigenvalue weighted by Crippen LogP contribution is 2.32. The van der Waals surface area contributed by atoms with E-state index in [0.717, 1.165) is 5.56 Å². The Morgan fingerprint density at radius 3 is 2.57 bits per heavy atom. The maximum atomic E-state index is 13.1. The van der Waals surface area contributed by atoms with Gasteiger partial charge in [-0.3, -0.25) is 0 Å². The average molecular weight is 412 g/mol. The highest BCUT2D eigenvalue weighted by molar-refractivity contribution is 5.95. The SMILES string of the molecule is CCOC(=O)C1=C(C(C)C)NC(=O)NC1c1cccc(OCc2ccc(F)cc2)c1. The number of ether oxygens (including phenoxy) is 2. The zero-order chi connectivity index (χ0) is 21.7. The number of rotatable bonds is 7. The van der Waals surface area contributed by atoms with E-state index in [1.54, 1.807) is 37.3 Å². The van der Waals surface area contributed by atoms with Crippen molar-refractivity contribution in [2.75, 3.05) is 6.61 Å². The molecular formula is C23H25FN2O4. The van der Waals surface area contributed by atoms with Crippen molar-refractivity contribution in [1.29, 1.82) is 0 Å². The van der Waals surface area contributed by atoms with Gasteiger partial charge >= 0.3 is 12.0 Å². The lowest BCUT2D eigenvalue weighted by molar-refractivity contribution is -0.139. The fourth-order valence-corrected chi connectivity index (χ4v) is 3.26. The number of carbonyl (C=O) groups excluding carboxylic acids is 2. The Kier molecular flexibility index (Phi) is 6.72. The highest BCUT2D eigenvalue weighted by atomic mass is 19.1. The van der Waals surface area contributed by atoms with Gasteiger partial charge in [0.25, 0.3) is 0 Å². The van der Waals surface area contributed by atoms with Crippen molar-refractivity contribution in [3.05, 3.63) is 76.7 Å². The molecular weight excluding hydrogens is 387 g/mol. The molecule has 30 heavy (non-hydrogen) atoms. The molecule has 2 aromatic rings. The molecule has 0 saturated heterocycles. The second-order valence-corrected chi connectivity index (χ2v) is 7.22. The number of amides is 2. The number of carbonyl (C=O) groups is 2. The predicted molar refractivity (Wildman–Crippen MR) is 110 cm³/mol. The molecule has 0 saturated carbocycles. The summed E-state index contributed by atoms with van der Waals surface area (Å²) in [6, 6.07) is 12.2. The lowest BCUT2D eigenvalue weighted by Crippen LogP contribution is -2.47. The number of allylic oxidation sites excluding steroid dienone is 1. The minimum Gasteiger partial charge on any atom is -0.489 e. The molecule has 0 fully saturated rings. The Morgan fingerprint density at radius 1 is 1.17 bits per heavy atom. The van der Waals surface area contributed by atoms with Gasteiger partial charge in [-0.2, -0.15) is 0 Å². The van der Waals surface area contributed by atoms with Crippen LogP contribution in [0.2, 0.25) is 0 Å². The number of urea groups is 1. The van der Waals surface area contributed by atoms with Gasteiger partial charge in [0.1, 0.15) is 18.2 Å². The minimum atomic E-state index is -0.662. The second kappa shape index (κ2) is 9.43. The van der Waals surface area contributed by atoms with Crippen LogP contribution in [-0.2, 0) is 16.1 Å². The van der Waals surface area contributed by atoms with Gasteiger partial charge in [-0.25, -0.2) is 14.0 Å². The lowest BCUT2D eigenvalue weighted by atomic mass is 9.91. The van der Waals surface area contributed by atoms with Crippen molar-refractivity contribution in [2.24, 2.45) is 5.92 Å². The van der Waals surface area contributed by atoms with Crippen LogP contribution in [0.1, 0.15) is 37.9 Å². The first-order chi connectivity index (χ1) is 14.4. The third-order valence-corrected chi connectivity index (χ3v) is 4.69. The summed E-state index contributed by atoms with van der Waals surface area (Å²) in [5.41, 5.74) is 2.44. The van der Waals surface area contributed by atoms with E-state index in [1.807, 2.05) is 19.9 Å². The fourth-order valence-electron chi connectivity index (χ4n) is 3.26. The first kappa shape index (κ1) is 21.4. The molecule has 6 nitrogen and oxygen atoms in total. The monoisotopic (exact) mass is 412 g/mol. The number of hydrogen-bond donors (Lipinski definition) is 2. The number of hydrogen-bond acceptors (Lipinski definition) is 4. The van der Waals surface area contributed by atoms with Crippen molar-refractivity contribution in [3.63, 3.8) is 0 Å². The number of halogens is 1. The summed E-state index contributed by atoms with van der Waals surface area (Å²) in [5.74, 6) is -0.284. The molecule has 0 aromatic heterocycles. The second-order valence-electron chi connectivity index (χ2n) is 7.22. The molecule has 1 heterocycles. The van der Waals surface area contributed by atoms with Gasteiger partial charge in [-0.1, -0.05) is 38.1 Å². The van der Waals surface area contributed by atoms with Crippen molar-refractivity contribution in [2.45, 2.75) is 33.4 Å². The smallest absolute Gasteiger partial charge is 0.338 e. The normalized spacial score (nSPS) is 16.2. The van der Waals surface area contributed by atoms with Crippen molar-refractivity contribution < 1.29 is 23.5 Å². The summed E-state index contributed by atoms with van der Waals surface area (Å²) >= 11 is 0. The van der Waals surface area contributed by atoms with Crippen LogP contribution in [0.3, 0.4) is 0 Å². The molecule has 1 atom stereocenters. The van der Waals surface area contributed by atoms with Crippen LogP contribution in [-0.4, -0.2) is 18.6 Å². The van der Waals surface area contributed by atoms with E-state index in [1.165, 1.54) is 12.1 Å². The topological polar surface area (TPSA) is 76.7 Å². The van der Waals surface area contributed by atoms with Crippen LogP contribution in [0, 0.1) is 11.7 Å². The summed E-state index contributed by atoms with van der Waals surface area (Å²) < 4.78 is 24.1. The Morgan fingerprint density at radius 2 is 1.90 bits per heavy atom. The van der Waals surface area contributed by atoms with E-state index in [9.17, 15) is 14.0 Å². The molecule has 0 radical (unpaired) electrons. The van der Waals surface area contributed by atoms with Gasteiger partial charge in [0.2, 0.25) is 0 Å². The van der Waals surface area contributed by atoms with Gasteiger partial charge in [-0.15, -0.1) is 0 Å². The van der Waals surface area contributed by atoms with Crippen LogP contribution >= 0.6 is 0 Å². The maximum absolute atomic E-state index is 13.1. The number of esters is 1. The Labute approximate surface area is 175 Å². The zero-order valence-electron chi connectivity index (χ0n) is 17.2. The molecule has 0 spiro atoms. The Hall–Kier alpha value is -3.35. The molecule has 0 aliphatic carbocycles. The first-order valence-corrected chi connectivity index (χ1v) is 9.85. The standard InChI is InChI=1S/C23H25FN2O4/c1-4-29-22(27)19-20(14(2)3)25-23(28)26-21(19)16-6-5-7-18(12-16)30-13-15-8-10-17(24)11-9-15/h5-12,14,21H,4,13H2,1-3H3,(H2,25,26,28). The molecule has 1 unspecified atom stereocenters. The van der Waals surface area contributed by atoms with E-state index in [4.69, 9.17) is 9.47 Å². The van der Waals surface area contributed by atoms with E-state index in [0.29, 0.717) is 22.6 Å². The van der Waals surface area contributed by atoms with E-state index < -0.39 is 12.0 Å². The van der Waals surface area contributed by atoms with Crippen molar-refractivity contribution >= 4 is 12.0 Å². The third kappa shape index (κ3) is 4.97. The zero-order valence-corrected chi connectivity index (χ0v) is 17.2. The minimum absolute atomic E-state index is 0.0733. The Balaban J connectivity index is 1.89. The molecule has 2 aromatic carbocycles. The number of nitrogens with one attached hydrogen (secondary N) is 2. The summed E-state index contributed by atoms with van der Waals surface area (Å²) in [4.78, 5) is 24.9. The number of benzene rings is 2. The van der Waals surface area contributed by atoms with E-state index in [-0.39, 0.29) is 31.0 Å². The van der Waals surface area contributed by atoms with Crippen LogP contribution in [0.15, 0.2) is 59.8 Å². The average Bonchev–Trinajstić information content (AvgIpc) is 2.73. The lowest BCUT2D eigenvalue weighted by Gasteiger charge is -2.31. The Bertz CT molecular complexity index is 954. The molecule has 2 N–H and O–H groups in total. The fraction of sp³-hybridized carbons (Fsp3) is 0.304. The van der Waals surface area contributed by atoms with Crippen LogP contribution in [0.25, 0.3) is 0 Å². The van der Waals surface area contributed by atoms with Gasteiger partial charge < -0.3 is 20.1 Å². The predicted octanol–water partition coefficient (Wildman–Crippen LogP) is 4.23. The van der Waals surface area contributed by atoms with Crippen molar-refractivity contribution in [1.82, 2.24) is 10.6 Å². The highest BCUT2D eigenvalue weighted by Gasteiger charge is 2.34. The van der Waals surface area contributed by atoms with Gasteiger partial charge in [0, 0.05) is 5.70 Å². The summed E-state index contributed by atoms with van der Waals surface area (Å²) in [6.07, 6.45) is 0. The molecule has 158 valence electrons. The first-order valence-electron chi connectivity index (χ1n) is 9.85. The van der Waals surface area contributed by atoms with Crippen molar-refractivity contribution in [3.8, 4) is 5.75 Å². The van der Waals surface area contributed by atoms with Gasteiger partial charge in [-0.05, 0) is 48.2 Å². The molecule has 7 heteroatoms. The summed E-state index contributed by atoms with van der Waals surface area (Å²) in [7, 11) is 0. The third-order valence-electron chi connectivity index (χ3n) is 4.69. The molecule has 0 bridgehead atoms. The molecule has 3 rings (SSSR count). The van der Waals surface area contributed by atoms with Crippen LogP contribution < -0.4 is 15.4 Å². The quantitative estimate of drug-likeness (QED) is 0.667.